The van der Waals surface area contributed by atoms with Gasteiger partial charge in [0.1, 0.15) is 11.5 Å². The maximum Gasteiger partial charge on any atom is 0.339 e. The largest absolute Gasteiger partial charge is 0.508 e. The van der Waals surface area contributed by atoms with Crippen molar-refractivity contribution in [1.29, 1.82) is 0 Å². The van der Waals surface area contributed by atoms with E-state index in [9.17, 15) is 19.8 Å². The van der Waals surface area contributed by atoms with Gasteiger partial charge in [0.2, 0.25) is 0 Å². The lowest BCUT2D eigenvalue weighted by Gasteiger charge is -2.23. The van der Waals surface area contributed by atoms with Gasteiger partial charge in [-0.15, -0.1) is 0 Å². The minimum absolute atomic E-state index is 0.0163. The van der Waals surface area contributed by atoms with Gasteiger partial charge < -0.3 is 14.6 Å². The van der Waals surface area contributed by atoms with Crippen molar-refractivity contribution in [2.24, 2.45) is 5.92 Å². The van der Waals surface area contributed by atoms with Crippen molar-refractivity contribution in [1.82, 2.24) is 0 Å². The van der Waals surface area contributed by atoms with E-state index in [0.29, 0.717) is 24.3 Å². The van der Waals surface area contributed by atoms with E-state index in [1.54, 1.807) is 0 Å². The van der Waals surface area contributed by atoms with E-state index < -0.39 is 11.7 Å². The Labute approximate surface area is 129 Å². The predicted molar refractivity (Wildman–Crippen MR) is 82.5 cm³/mol. The number of hydrogen-bond acceptors (Lipinski definition) is 5. The lowest BCUT2D eigenvalue weighted by Crippen LogP contribution is -2.23. The van der Waals surface area contributed by atoms with Crippen LogP contribution in [0.1, 0.15) is 51.7 Å². The summed E-state index contributed by atoms with van der Waals surface area (Å²) >= 11 is 0. The first kappa shape index (κ1) is 16.5. The molecule has 1 atom stereocenters. The third-order valence-corrected chi connectivity index (χ3v) is 3.80. The summed E-state index contributed by atoms with van der Waals surface area (Å²) in [6.07, 6.45) is 2.33. The molecule has 120 valence electrons. The molecule has 5 nitrogen and oxygen atoms in total. The summed E-state index contributed by atoms with van der Waals surface area (Å²) in [7, 11) is 0. The van der Waals surface area contributed by atoms with Gasteiger partial charge in [0.25, 0.3) is 0 Å². The molecule has 2 rings (SSSR count). The molecule has 1 aromatic heterocycles. The number of rotatable bonds is 5. The Balaban J connectivity index is 2.38. The molecule has 0 fully saturated rings. The Morgan fingerprint density at radius 1 is 1.27 bits per heavy atom. The molecule has 5 heteroatoms. The SMILES string of the molecule is CC(C)CCCC1=C(c2cc(O)cc(=O)o2)C(=O)CC(O)C1. The number of carbonyl (C=O) groups is 1. The van der Waals surface area contributed by atoms with Gasteiger partial charge in [-0.05, 0) is 25.2 Å². The molecule has 2 N–H and O–H groups in total. The number of allylic oxidation sites excluding steroid dienone is 1. The van der Waals surface area contributed by atoms with E-state index in [4.69, 9.17) is 4.42 Å². The van der Waals surface area contributed by atoms with Gasteiger partial charge in [-0.2, -0.15) is 0 Å². The van der Waals surface area contributed by atoms with Gasteiger partial charge in [-0.3, -0.25) is 4.79 Å². The number of ketones is 1. The number of Topliss-reactive ketones (excluding diaryl/α,β-unsaturated/α-hetero) is 1. The molecular weight excluding hydrogens is 284 g/mol. The van der Waals surface area contributed by atoms with Crippen molar-refractivity contribution >= 4 is 11.4 Å². The fraction of sp³-hybridized carbons (Fsp3) is 0.529. The highest BCUT2D eigenvalue weighted by molar-refractivity contribution is 6.21. The second-order valence-corrected chi connectivity index (χ2v) is 6.25. The first-order chi connectivity index (χ1) is 10.4. The van der Waals surface area contributed by atoms with Crippen LogP contribution in [-0.4, -0.2) is 22.1 Å². The lowest BCUT2D eigenvalue weighted by molar-refractivity contribution is -0.116. The highest BCUT2D eigenvalue weighted by atomic mass is 16.4. The summed E-state index contributed by atoms with van der Waals surface area (Å²) in [5.41, 5.74) is 0.461. The van der Waals surface area contributed by atoms with Gasteiger partial charge in [-0.25, -0.2) is 4.79 Å². The molecule has 1 aliphatic rings. The van der Waals surface area contributed by atoms with E-state index in [2.05, 4.69) is 13.8 Å². The van der Waals surface area contributed by atoms with Crippen LogP contribution in [0.25, 0.3) is 5.57 Å². The normalized spacial score (nSPS) is 19.1. The minimum Gasteiger partial charge on any atom is -0.508 e. The summed E-state index contributed by atoms with van der Waals surface area (Å²) in [5, 5.41) is 19.4. The van der Waals surface area contributed by atoms with Crippen molar-refractivity contribution in [3.63, 3.8) is 0 Å². The second kappa shape index (κ2) is 6.92. The zero-order valence-corrected chi connectivity index (χ0v) is 13.0. The van der Waals surface area contributed by atoms with E-state index in [-0.39, 0.29) is 23.7 Å². The van der Waals surface area contributed by atoms with Gasteiger partial charge in [0.15, 0.2) is 5.78 Å². The van der Waals surface area contributed by atoms with E-state index >= 15 is 0 Å². The monoisotopic (exact) mass is 306 g/mol. The molecule has 1 aromatic rings. The Morgan fingerprint density at radius 3 is 2.64 bits per heavy atom. The highest BCUT2D eigenvalue weighted by Crippen LogP contribution is 2.33. The molecule has 0 radical (unpaired) electrons. The molecule has 1 aliphatic carbocycles. The van der Waals surface area contributed by atoms with Gasteiger partial charge in [-0.1, -0.05) is 25.8 Å². The topological polar surface area (TPSA) is 87.7 Å². The Hall–Kier alpha value is -1.88. The second-order valence-electron chi connectivity index (χ2n) is 6.25. The van der Waals surface area contributed by atoms with Crippen LogP contribution in [0.5, 0.6) is 5.75 Å². The van der Waals surface area contributed by atoms with Crippen LogP contribution in [0, 0.1) is 5.92 Å². The van der Waals surface area contributed by atoms with Crippen molar-refractivity contribution in [3.05, 3.63) is 33.9 Å². The van der Waals surface area contributed by atoms with Crippen LogP contribution in [0.2, 0.25) is 0 Å². The van der Waals surface area contributed by atoms with Crippen molar-refractivity contribution in [3.8, 4) is 5.75 Å². The molecule has 0 aliphatic heterocycles. The summed E-state index contributed by atoms with van der Waals surface area (Å²) in [4.78, 5) is 23.7. The molecule has 22 heavy (non-hydrogen) atoms. The van der Waals surface area contributed by atoms with Crippen LogP contribution >= 0.6 is 0 Å². The Kier molecular flexibility index (Phi) is 5.19. The number of hydrogen-bond donors (Lipinski definition) is 2. The molecule has 0 amide bonds. The highest BCUT2D eigenvalue weighted by Gasteiger charge is 2.28. The first-order valence-corrected chi connectivity index (χ1v) is 7.64. The number of aromatic hydroxyl groups is 1. The van der Waals surface area contributed by atoms with E-state index in [1.165, 1.54) is 6.07 Å². The lowest BCUT2D eigenvalue weighted by atomic mass is 9.84. The molecule has 1 unspecified atom stereocenters. The molecule has 0 aromatic carbocycles. The van der Waals surface area contributed by atoms with Crippen LogP contribution in [-0.2, 0) is 4.79 Å². The number of aliphatic hydroxyl groups excluding tert-OH is 1. The zero-order valence-electron chi connectivity index (χ0n) is 13.0. The average Bonchev–Trinajstić information content (AvgIpc) is 2.36. The molecule has 0 saturated carbocycles. The summed E-state index contributed by atoms with van der Waals surface area (Å²) in [6.45, 7) is 4.26. The van der Waals surface area contributed by atoms with Crippen molar-refractivity contribution in [2.45, 2.75) is 52.1 Å². The summed E-state index contributed by atoms with van der Waals surface area (Å²) in [5.74, 6) is 0.194. The summed E-state index contributed by atoms with van der Waals surface area (Å²) < 4.78 is 5.08. The van der Waals surface area contributed by atoms with E-state index in [1.807, 2.05) is 0 Å². The van der Waals surface area contributed by atoms with E-state index in [0.717, 1.165) is 24.5 Å². The maximum absolute atomic E-state index is 12.3. The molecule has 0 bridgehead atoms. The fourth-order valence-electron chi connectivity index (χ4n) is 2.82. The summed E-state index contributed by atoms with van der Waals surface area (Å²) in [6, 6.07) is 2.25. The third kappa shape index (κ3) is 4.07. The van der Waals surface area contributed by atoms with Crippen LogP contribution in [0.3, 0.4) is 0 Å². The van der Waals surface area contributed by atoms with Crippen LogP contribution in [0.15, 0.2) is 26.9 Å². The Bertz CT molecular complexity index is 639. The molecular formula is C17H22O5. The standard InChI is InChI=1S/C17H22O5/c1-10(2)4-3-5-11-6-12(18)7-14(20)17(11)15-8-13(19)9-16(21)22-15/h8-10,12,18-19H,3-7H2,1-2H3. The zero-order chi connectivity index (χ0) is 16.3. The maximum atomic E-state index is 12.3. The smallest absolute Gasteiger partial charge is 0.339 e. The average molecular weight is 306 g/mol. The van der Waals surface area contributed by atoms with Crippen LogP contribution < -0.4 is 5.63 Å². The quantitative estimate of drug-likeness (QED) is 0.873. The Morgan fingerprint density at radius 2 is 2.00 bits per heavy atom. The van der Waals surface area contributed by atoms with Crippen molar-refractivity contribution in [2.75, 3.05) is 0 Å². The van der Waals surface area contributed by atoms with Gasteiger partial charge >= 0.3 is 5.63 Å². The van der Waals surface area contributed by atoms with Crippen LogP contribution in [0.4, 0.5) is 0 Å². The fourth-order valence-corrected chi connectivity index (χ4v) is 2.82. The van der Waals surface area contributed by atoms with Crippen molar-refractivity contribution < 1.29 is 19.4 Å². The first-order valence-electron chi connectivity index (χ1n) is 7.64. The molecule has 1 heterocycles. The third-order valence-electron chi connectivity index (χ3n) is 3.80. The predicted octanol–water partition coefficient (Wildman–Crippen LogP) is 2.65. The minimum atomic E-state index is -0.692. The molecule has 0 spiro atoms. The number of carbonyl (C=O) groups excluding carboxylic acids is 1. The van der Waals surface area contributed by atoms with Gasteiger partial charge in [0, 0.05) is 12.5 Å². The molecule has 0 saturated heterocycles. The number of aliphatic hydroxyl groups is 1. The van der Waals surface area contributed by atoms with Gasteiger partial charge in [0.05, 0.1) is 17.7 Å².